The van der Waals surface area contributed by atoms with Crippen LogP contribution in [0.1, 0.15) is 16.8 Å². The number of benzene rings is 2. The van der Waals surface area contributed by atoms with Crippen molar-refractivity contribution in [2.24, 2.45) is 0 Å². The summed E-state index contributed by atoms with van der Waals surface area (Å²) < 4.78 is 2.23. The Labute approximate surface area is 164 Å². The maximum absolute atomic E-state index is 4.77. The SMILES string of the molecule is CN(C)Cc1cc2nnc(NCc3ccccc3)nc2n1Cc1ccccc1. The third-order valence-electron chi connectivity index (χ3n) is 4.55. The van der Waals surface area contributed by atoms with Crippen LogP contribution < -0.4 is 5.32 Å². The molecule has 0 aliphatic heterocycles. The van der Waals surface area contributed by atoms with Gasteiger partial charge in [0.1, 0.15) is 5.52 Å². The molecule has 2 heterocycles. The average molecular weight is 372 g/mol. The van der Waals surface area contributed by atoms with E-state index in [9.17, 15) is 0 Å². The number of anilines is 1. The molecular weight excluding hydrogens is 348 g/mol. The lowest BCUT2D eigenvalue weighted by Crippen LogP contribution is -2.15. The van der Waals surface area contributed by atoms with Gasteiger partial charge in [0.2, 0.25) is 5.95 Å². The van der Waals surface area contributed by atoms with E-state index in [2.05, 4.69) is 81.5 Å². The highest BCUT2D eigenvalue weighted by atomic mass is 15.3. The fraction of sp³-hybridized carbons (Fsp3) is 0.227. The van der Waals surface area contributed by atoms with Gasteiger partial charge in [-0.05, 0) is 31.3 Å². The molecule has 0 spiro atoms. The molecule has 0 aliphatic carbocycles. The minimum absolute atomic E-state index is 0.542. The molecule has 4 rings (SSSR count). The smallest absolute Gasteiger partial charge is 0.245 e. The van der Waals surface area contributed by atoms with E-state index in [0.29, 0.717) is 12.5 Å². The van der Waals surface area contributed by atoms with Crippen LogP contribution in [0.3, 0.4) is 0 Å². The van der Waals surface area contributed by atoms with Crippen molar-refractivity contribution in [3.05, 3.63) is 83.6 Å². The summed E-state index contributed by atoms with van der Waals surface area (Å²) in [6.07, 6.45) is 0. The van der Waals surface area contributed by atoms with E-state index in [1.165, 1.54) is 16.8 Å². The van der Waals surface area contributed by atoms with Crippen molar-refractivity contribution >= 4 is 17.1 Å². The number of hydrogen-bond donors (Lipinski definition) is 1. The third-order valence-corrected chi connectivity index (χ3v) is 4.55. The molecule has 4 aromatic rings. The Bertz CT molecular complexity index is 1040. The standard InChI is InChI=1S/C22H24N6/c1-27(2)16-19-13-20-21(28(19)15-18-11-7-4-8-12-18)24-22(26-25-20)23-14-17-9-5-3-6-10-17/h3-13H,14-16H2,1-2H3,(H,23,24,26). The first-order valence-corrected chi connectivity index (χ1v) is 9.38. The Morgan fingerprint density at radius 3 is 2.25 bits per heavy atom. The van der Waals surface area contributed by atoms with Crippen LogP contribution in [0.2, 0.25) is 0 Å². The van der Waals surface area contributed by atoms with Gasteiger partial charge >= 0.3 is 0 Å². The van der Waals surface area contributed by atoms with Crippen LogP contribution in [0, 0.1) is 0 Å². The highest BCUT2D eigenvalue weighted by molar-refractivity contribution is 5.73. The summed E-state index contributed by atoms with van der Waals surface area (Å²) in [4.78, 5) is 6.92. The zero-order valence-electron chi connectivity index (χ0n) is 16.2. The second-order valence-electron chi connectivity index (χ2n) is 7.13. The second-order valence-corrected chi connectivity index (χ2v) is 7.13. The molecule has 0 bridgehead atoms. The molecule has 0 atom stereocenters. The molecule has 28 heavy (non-hydrogen) atoms. The summed E-state index contributed by atoms with van der Waals surface area (Å²) in [5.74, 6) is 0.542. The predicted molar refractivity (Wildman–Crippen MR) is 112 cm³/mol. The first-order chi connectivity index (χ1) is 13.7. The molecule has 0 unspecified atom stereocenters. The van der Waals surface area contributed by atoms with Gasteiger partial charge in [0, 0.05) is 25.3 Å². The second kappa shape index (κ2) is 8.19. The van der Waals surface area contributed by atoms with Crippen molar-refractivity contribution < 1.29 is 0 Å². The predicted octanol–water partition coefficient (Wildman–Crippen LogP) is 3.55. The largest absolute Gasteiger partial charge is 0.349 e. The Morgan fingerprint density at radius 2 is 1.57 bits per heavy atom. The number of rotatable bonds is 7. The Hall–Kier alpha value is -3.25. The molecule has 0 saturated carbocycles. The van der Waals surface area contributed by atoms with Gasteiger partial charge in [-0.15, -0.1) is 10.2 Å². The highest BCUT2D eigenvalue weighted by Crippen LogP contribution is 2.20. The molecule has 6 heteroatoms. The van der Waals surface area contributed by atoms with E-state index in [1.807, 2.05) is 24.3 Å². The van der Waals surface area contributed by atoms with Crippen molar-refractivity contribution in [1.29, 1.82) is 0 Å². The third kappa shape index (κ3) is 4.18. The van der Waals surface area contributed by atoms with Gasteiger partial charge in [-0.3, -0.25) is 0 Å². The topological polar surface area (TPSA) is 58.9 Å². The number of hydrogen-bond acceptors (Lipinski definition) is 5. The lowest BCUT2D eigenvalue weighted by Gasteiger charge is -2.14. The summed E-state index contributed by atoms with van der Waals surface area (Å²) >= 11 is 0. The quantitative estimate of drug-likeness (QED) is 0.538. The molecule has 0 amide bonds. The van der Waals surface area contributed by atoms with E-state index in [0.717, 1.165) is 24.3 Å². The minimum atomic E-state index is 0.542. The van der Waals surface area contributed by atoms with Crippen molar-refractivity contribution in [2.75, 3.05) is 19.4 Å². The number of nitrogens with one attached hydrogen (secondary N) is 1. The number of fused-ring (bicyclic) bond motifs is 1. The molecule has 6 nitrogen and oxygen atoms in total. The average Bonchev–Trinajstić information content (AvgIpc) is 3.04. The van der Waals surface area contributed by atoms with Gasteiger partial charge in [0.15, 0.2) is 5.65 Å². The Morgan fingerprint density at radius 1 is 0.893 bits per heavy atom. The van der Waals surface area contributed by atoms with E-state index in [4.69, 9.17) is 4.98 Å². The molecule has 142 valence electrons. The van der Waals surface area contributed by atoms with Gasteiger partial charge in [-0.25, -0.2) is 0 Å². The maximum Gasteiger partial charge on any atom is 0.245 e. The van der Waals surface area contributed by atoms with E-state index < -0.39 is 0 Å². The van der Waals surface area contributed by atoms with Crippen LogP contribution in [-0.4, -0.2) is 38.7 Å². The van der Waals surface area contributed by atoms with Gasteiger partial charge < -0.3 is 14.8 Å². The normalized spacial score (nSPS) is 11.2. The van der Waals surface area contributed by atoms with E-state index >= 15 is 0 Å². The monoisotopic (exact) mass is 372 g/mol. The maximum atomic E-state index is 4.77. The van der Waals surface area contributed by atoms with E-state index in [-0.39, 0.29) is 0 Å². The molecule has 2 aromatic carbocycles. The zero-order valence-corrected chi connectivity index (χ0v) is 16.2. The van der Waals surface area contributed by atoms with Crippen LogP contribution in [0.25, 0.3) is 11.2 Å². The van der Waals surface area contributed by atoms with Crippen LogP contribution in [0.5, 0.6) is 0 Å². The molecule has 0 aliphatic rings. The van der Waals surface area contributed by atoms with Crippen LogP contribution >= 0.6 is 0 Å². The first-order valence-electron chi connectivity index (χ1n) is 9.38. The van der Waals surface area contributed by atoms with Gasteiger partial charge in [0.05, 0.1) is 0 Å². The molecule has 0 radical (unpaired) electrons. The molecular formula is C22H24N6. The van der Waals surface area contributed by atoms with Crippen LogP contribution in [-0.2, 0) is 19.6 Å². The summed E-state index contributed by atoms with van der Waals surface area (Å²) in [6.45, 7) is 2.24. The number of nitrogens with zero attached hydrogens (tertiary/aromatic N) is 5. The van der Waals surface area contributed by atoms with Crippen molar-refractivity contribution in [3.63, 3.8) is 0 Å². The van der Waals surface area contributed by atoms with E-state index in [1.54, 1.807) is 0 Å². The molecule has 2 aromatic heterocycles. The van der Waals surface area contributed by atoms with Gasteiger partial charge in [-0.2, -0.15) is 4.98 Å². The Balaban J connectivity index is 1.66. The lowest BCUT2D eigenvalue weighted by molar-refractivity contribution is 0.390. The van der Waals surface area contributed by atoms with Crippen LogP contribution in [0.4, 0.5) is 5.95 Å². The summed E-state index contributed by atoms with van der Waals surface area (Å²) in [5, 5.41) is 12.0. The number of aromatic nitrogens is 4. The fourth-order valence-electron chi connectivity index (χ4n) is 3.24. The summed E-state index contributed by atoms with van der Waals surface area (Å²) in [5.41, 5.74) is 5.26. The fourth-order valence-corrected chi connectivity index (χ4v) is 3.24. The van der Waals surface area contributed by atoms with Gasteiger partial charge in [0.25, 0.3) is 0 Å². The Kier molecular flexibility index (Phi) is 5.30. The minimum Gasteiger partial charge on any atom is -0.349 e. The van der Waals surface area contributed by atoms with Crippen molar-refractivity contribution in [2.45, 2.75) is 19.6 Å². The van der Waals surface area contributed by atoms with Crippen LogP contribution in [0.15, 0.2) is 66.7 Å². The molecule has 0 fully saturated rings. The van der Waals surface area contributed by atoms with Gasteiger partial charge in [-0.1, -0.05) is 60.7 Å². The van der Waals surface area contributed by atoms with Crippen molar-refractivity contribution in [3.8, 4) is 0 Å². The summed E-state index contributed by atoms with van der Waals surface area (Å²) in [7, 11) is 4.13. The zero-order chi connectivity index (χ0) is 19.3. The van der Waals surface area contributed by atoms with Crippen molar-refractivity contribution in [1.82, 2.24) is 24.6 Å². The summed E-state index contributed by atoms with van der Waals surface area (Å²) in [6, 6.07) is 22.7. The highest BCUT2D eigenvalue weighted by Gasteiger charge is 2.14. The lowest BCUT2D eigenvalue weighted by atomic mass is 10.2. The first kappa shape index (κ1) is 18.1. The molecule has 1 N–H and O–H groups in total. The molecule has 0 saturated heterocycles.